The fraction of sp³-hybridized carbons (Fsp3) is 0.200. The van der Waals surface area contributed by atoms with E-state index in [1.807, 2.05) is 6.08 Å². The SMILES string of the molecule is O=c1n(-c2ccccc2)c(=O)n2n1CC=C1[C@H]2Cn2c(=O)n(-c3ccccc3)c(=O)n2[C@H]1c1ccccc1OCCO. The van der Waals surface area contributed by atoms with Crippen molar-refractivity contribution in [1.29, 1.82) is 0 Å². The van der Waals surface area contributed by atoms with E-state index in [-0.39, 0.29) is 26.3 Å². The van der Waals surface area contributed by atoms with Crippen molar-refractivity contribution < 1.29 is 9.84 Å². The van der Waals surface area contributed by atoms with Crippen LogP contribution in [0.1, 0.15) is 17.6 Å². The smallest absolute Gasteiger partial charge is 0.352 e. The summed E-state index contributed by atoms with van der Waals surface area (Å²) in [6, 6.07) is 22.8. The van der Waals surface area contributed by atoms with E-state index in [9.17, 15) is 24.3 Å². The minimum absolute atomic E-state index is 0.0257. The molecule has 7 rings (SSSR count). The number of rotatable bonds is 6. The van der Waals surface area contributed by atoms with E-state index < -0.39 is 34.8 Å². The molecule has 1 N–H and O–H groups in total. The summed E-state index contributed by atoms with van der Waals surface area (Å²) in [7, 11) is 0. The van der Waals surface area contributed by atoms with Crippen molar-refractivity contribution in [2.45, 2.75) is 25.2 Å². The molecule has 0 amide bonds. The molecule has 0 radical (unpaired) electrons. The van der Waals surface area contributed by atoms with Gasteiger partial charge in [-0.1, -0.05) is 60.7 Å². The van der Waals surface area contributed by atoms with Gasteiger partial charge in [-0.3, -0.25) is 0 Å². The molecular weight excluding hydrogens is 540 g/mol. The summed E-state index contributed by atoms with van der Waals surface area (Å²) in [6.07, 6.45) is 1.84. The van der Waals surface area contributed by atoms with Crippen molar-refractivity contribution in [2.24, 2.45) is 0 Å². The molecule has 4 heterocycles. The lowest BCUT2D eigenvalue weighted by molar-refractivity contribution is 0.196. The van der Waals surface area contributed by atoms with Crippen molar-refractivity contribution in [1.82, 2.24) is 27.9 Å². The first-order valence-electron chi connectivity index (χ1n) is 13.5. The van der Waals surface area contributed by atoms with E-state index in [1.165, 1.54) is 18.7 Å². The number of nitrogens with zero attached hydrogens (tertiary/aromatic N) is 6. The topological polar surface area (TPSA) is 127 Å². The van der Waals surface area contributed by atoms with Crippen LogP contribution in [0.3, 0.4) is 0 Å². The molecule has 12 heteroatoms. The second-order valence-electron chi connectivity index (χ2n) is 10.1. The van der Waals surface area contributed by atoms with E-state index in [2.05, 4.69) is 0 Å². The fourth-order valence-corrected chi connectivity index (χ4v) is 6.03. The van der Waals surface area contributed by atoms with Gasteiger partial charge in [0.25, 0.3) is 0 Å². The van der Waals surface area contributed by atoms with Gasteiger partial charge in [-0.15, -0.1) is 0 Å². The fourth-order valence-electron chi connectivity index (χ4n) is 6.03. The van der Waals surface area contributed by atoms with Gasteiger partial charge in [0, 0.05) is 5.56 Å². The maximum atomic E-state index is 14.0. The van der Waals surface area contributed by atoms with Crippen LogP contribution in [0.25, 0.3) is 11.4 Å². The van der Waals surface area contributed by atoms with Gasteiger partial charge in [-0.05, 0) is 35.9 Å². The first-order valence-corrected chi connectivity index (χ1v) is 13.5. The molecule has 0 saturated carbocycles. The Morgan fingerprint density at radius 2 is 1.26 bits per heavy atom. The molecule has 3 aromatic carbocycles. The quantitative estimate of drug-likeness (QED) is 0.307. The lowest BCUT2D eigenvalue weighted by atomic mass is 9.90. The number of para-hydroxylation sites is 3. The largest absolute Gasteiger partial charge is 0.491 e. The standard InChI is InChI=1S/C30H26N6O6/c37-17-18-42-25-14-8-7-13-23(25)26-22-15-16-31-27(38)33(20-9-3-1-4-10-20)29(40)35(31)24(22)19-32-28(39)34(30(41)36(26)32)21-11-5-2-6-12-21/h1-15,24,26,37H,16-19H2/t24-,26-/m1/s1. The normalized spacial score (nSPS) is 17.2. The first kappa shape index (κ1) is 25.6. The van der Waals surface area contributed by atoms with E-state index in [1.54, 1.807) is 84.9 Å². The van der Waals surface area contributed by atoms with Crippen LogP contribution >= 0.6 is 0 Å². The highest BCUT2D eigenvalue weighted by atomic mass is 16.5. The van der Waals surface area contributed by atoms with Crippen LogP contribution in [0, 0.1) is 0 Å². The third-order valence-electron chi connectivity index (χ3n) is 7.80. The Labute approximate surface area is 237 Å². The zero-order valence-corrected chi connectivity index (χ0v) is 22.3. The van der Waals surface area contributed by atoms with Gasteiger partial charge >= 0.3 is 22.8 Å². The number of aromatic nitrogens is 6. The number of ether oxygens (including phenoxy) is 1. The highest BCUT2D eigenvalue weighted by Gasteiger charge is 2.42. The highest BCUT2D eigenvalue weighted by molar-refractivity contribution is 5.43. The van der Waals surface area contributed by atoms with Crippen LogP contribution in [-0.4, -0.2) is 46.2 Å². The number of benzene rings is 3. The van der Waals surface area contributed by atoms with Gasteiger partial charge in [0.1, 0.15) is 18.4 Å². The number of aliphatic hydroxyl groups is 1. The van der Waals surface area contributed by atoms with Crippen molar-refractivity contribution in [2.75, 3.05) is 13.2 Å². The summed E-state index contributed by atoms with van der Waals surface area (Å²) in [5, 5.41) is 9.43. The molecule has 2 atom stereocenters. The zero-order valence-electron chi connectivity index (χ0n) is 22.3. The molecule has 212 valence electrons. The molecule has 0 unspecified atom stereocenters. The third-order valence-corrected chi connectivity index (χ3v) is 7.80. The highest BCUT2D eigenvalue weighted by Crippen LogP contribution is 2.41. The molecule has 0 spiro atoms. The van der Waals surface area contributed by atoms with Gasteiger partial charge in [0.15, 0.2) is 0 Å². The summed E-state index contributed by atoms with van der Waals surface area (Å²) in [6.45, 7) is -0.145. The summed E-state index contributed by atoms with van der Waals surface area (Å²) in [4.78, 5) is 55.3. The molecule has 2 aromatic heterocycles. The van der Waals surface area contributed by atoms with E-state index in [4.69, 9.17) is 4.74 Å². The first-order chi connectivity index (χ1) is 20.5. The minimum atomic E-state index is -0.834. The van der Waals surface area contributed by atoms with Crippen LogP contribution in [0.2, 0.25) is 0 Å². The lowest BCUT2D eigenvalue weighted by Gasteiger charge is -2.38. The minimum Gasteiger partial charge on any atom is -0.491 e. The van der Waals surface area contributed by atoms with Crippen LogP contribution in [-0.2, 0) is 13.1 Å². The van der Waals surface area contributed by atoms with Crippen LogP contribution in [0.15, 0.2) is 116 Å². The average Bonchev–Trinajstić information content (AvgIpc) is 3.43. The van der Waals surface area contributed by atoms with Crippen molar-refractivity contribution in [3.63, 3.8) is 0 Å². The van der Waals surface area contributed by atoms with Gasteiger partial charge in [0.2, 0.25) is 0 Å². The second kappa shape index (κ2) is 9.93. The number of allylic oxidation sites excluding steroid dienone is 2. The lowest BCUT2D eigenvalue weighted by Crippen LogP contribution is -2.47. The maximum absolute atomic E-state index is 14.0. The summed E-state index contributed by atoms with van der Waals surface area (Å²) >= 11 is 0. The van der Waals surface area contributed by atoms with Crippen molar-refractivity contribution >= 4 is 0 Å². The maximum Gasteiger partial charge on any atom is 0.352 e. The van der Waals surface area contributed by atoms with Crippen molar-refractivity contribution in [3.8, 4) is 17.1 Å². The molecule has 2 aliphatic rings. The Balaban J connectivity index is 1.49. The Bertz CT molecular complexity index is 2080. The summed E-state index contributed by atoms with van der Waals surface area (Å²) in [5.74, 6) is 0.425. The number of fused-ring (bicyclic) bond motifs is 4. The van der Waals surface area contributed by atoms with Crippen LogP contribution < -0.4 is 27.5 Å². The Kier molecular flexibility index (Phi) is 6.05. The van der Waals surface area contributed by atoms with E-state index in [0.717, 1.165) is 9.13 Å². The molecule has 5 aromatic rings. The van der Waals surface area contributed by atoms with Gasteiger partial charge in [-0.2, -0.15) is 0 Å². The number of aliphatic hydroxyl groups excluding tert-OH is 1. The monoisotopic (exact) mass is 566 g/mol. The zero-order chi connectivity index (χ0) is 29.0. The van der Waals surface area contributed by atoms with Crippen LogP contribution in [0.5, 0.6) is 5.75 Å². The van der Waals surface area contributed by atoms with E-state index >= 15 is 0 Å². The molecule has 2 aliphatic heterocycles. The Hall–Kier alpha value is -5.36. The van der Waals surface area contributed by atoms with Gasteiger partial charge in [-0.25, -0.2) is 47.0 Å². The second-order valence-corrected chi connectivity index (χ2v) is 10.1. The molecule has 42 heavy (non-hydrogen) atoms. The van der Waals surface area contributed by atoms with E-state index in [0.29, 0.717) is 28.3 Å². The Morgan fingerprint density at radius 1 is 0.690 bits per heavy atom. The summed E-state index contributed by atoms with van der Waals surface area (Å²) in [5.41, 5.74) is -0.0687. The van der Waals surface area contributed by atoms with Gasteiger partial charge < -0.3 is 9.84 Å². The summed E-state index contributed by atoms with van der Waals surface area (Å²) < 4.78 is 13.5. The molecule has 0 saturated heterocycles. The predicted octanol–water partition coefficient (Wildman–Crippen LogP) is 1.07. The van der Waals surface area contributed by atoms with Crippen LogP contribution in [0.4, 0.5) is 0 Å². The average molecular weight is 567 g/mol. The molecule has 0 aliphatic carbocycles. The molecular formula is C30H26N6O6. The molecule has 0 bridgehead atoms. The molecule has 0 fully saturated rings. The van der Waals surface area contributed by atoms with Crippen molar-refractivity contribution in [3.05, 3.63) is 144 Å². The predicted molar refractivity (Wildman–Crippen MR) is 153 cm³/mol. The van der Waals surface area contributed by atoms with Gasteiger partial charge in [0.05, 0.1) is 37.1 Å². The number of hydrogen-bond donors (Lipinski definition) is 1. The number of hydrogen-bond acceptors (Lipinski definition) is 6. The third kappa shape index (κ3) is 3.72. The molecule has 12 nitrogen and oxygen atoms in total. The Morgan fingerprint density at radius 3 is 1.90 bits per heavy atom.